The number of rotatable bonds is 1. The zero-order chi connectivity index (χ0) is 9.90. The van der Waals surface area contributed by atoms with E-state index >= 15 is 0 Å². The lowest BCUT2D eigenvalue weighted by molar-refractivity contribution is 0.625. The van der Waals surface area contributed by atoms with Crippen molar-refractivity contribution in [1.82, 2.24) is 0 Å². The summed E-state index contributed by atoms with van der Waals surface area (Å²) in [5.41, 5.74) is 1.65. The van der Waals surface area contributed by atoms with Crippen LogP contribution in [0.2, 0.25) is 0 Å². The zero-order valence-electron chi connectivity index (χ0n) is 8.60. The van der Waals surface area contributed by atoms with Gasteiger partial charge in [-0.15, -0.1) is 0 Å². The molecule has 0 aliphatic heterocycles. The number of hydrogen-bond acceptors (Lipinski definition) is 0. The molecule has 0 unspecified atom stereocenters. The first kappa shape index (κ1) is 10.2. The van der Waals surface area contributed by atoms with Gasteiger partial charge in [0.05, 0.1) is 0 Å². The molecule has 0 heterocycles. The Bertz CT molecular complexity index is 257. The summed E-state index contributed by atoms with van der Waals surface area (Å²) in [7, 11) is 0. The fourth-order valence-corrected chi connectivity index (χ4v) is 1.33. The Morgan fingerprint density at radius 1 is 1.08 bits per heavy atom. The molecule has 0 saturated heterocycles. The van der Waals surface area contributed by atoms with Gasteiger partial charge in [0.25, 0.3) is 0 Å². The monoisotopic (exact) mass is 180 g/mol. The number of halogens is 1. The van der Waals surface area contributed by atoms with Crippen LogP contribution in [-0.4, -0.2) is 0 Å². The lowest BCUT2D eigenvalue weighted by atomic mass is 9.99. The van der Waals surface area contributed by atoms with Crippen LogP contribution in [0, 0.1) is 5.82 Å². The van der Waals surface area contributed by atoms with E-state index in [-0.39, 0.29) is 5.82 Å². The predicted octanol–water partition coefficient (Wildman–Crippen LogP) is 3.90. The van der Waals surface area contributed by atoms with Crippen LogP contribution in [0.5, 0.6) is 0 Å². The summed E-state index contributed by atoms with van der Waals surface area (Å²) in [5.74, 6) is -0.141. The molecule has 1 aromatic carbocycles. The van der Waals surface area contributed by atoms with Gasteiger partial charge in [0, 0.05) is 0 Å². The molecule has 1 aliphatic carbocycles. The van der Waals surface area contributed by atoms with Gasteiger partial charge in [-0.25, -0.2) is 4.39 Å². The highest BCUT2D eigenvalue weighted by Crippen LogP contribution is 2.47. The summed E-state index contributed by atoms with van der Waals surface area (Å²) < 4.78 is 12.5. The molecule has 72 valence electrons. The minimum atomic E-state index is -0.141. The largest absolute Gasteiger partial charge is 0.207 e. The van der Waals surface area contributed by atoms with Gasteiger partial charge >= 0.3 is 0 Å². The maximum atomic E-state index is 12.5. The van der Waals surface area contributed by atoms with E-state index in [0.29, 0.717) is 5.41 Å². The second-order valence-corrected chi connectivity index (χ2v) is 3.57. The normalized spacial score (nSPS) is 17.2. The summed E-state index contributed by atoms with van der Waals surface area (Å²) in [6, 6.07) is 6.86. The third-order valence-electron chi connectivity index (χ3n) is 2.54. The number of hydrogen-bond donors (Lipinski definition) is 0. The highest BCUT2D eigenvalue weighted by atomic mass is 19.1. The van der Waals surface area contributed by atoms with Crippen molar-refractivity contribution in [3.8, 4) is 0 Å². The van der Waals surface area contributed by atoms with Gasteiger partial charge in [-0.2, -0.15) is 0 Å². The average molecular weight is 180 g/mol. The van der Waals surface area contributed by atoms with Crippen molar-refractivity contribution in [1.29, 1.82) is 0 Å². The Kier molecular flexibility index (Phi) is 3.07. The van der Waals surface area contributed by atoms with Crippen molar-refractivity contribution in [2.24, 2.45) is 0 Å². The summed E-state index contributed by atoms with van der Waals surface area (Å²) in [5, 5.41) is 0. The molecule has 0 atom stereocenters. The van der Waals surface area contributed by atoms with E-state index < -0.39 is 0 Å². The van der Waals surface area contributed by atoms with Crippen LogP contribution in [0.1, 0.15) is 39.2 Å². The first-order chi connectivity index (χ1) is 6.21. The minimum absolute atomic E-state index is 0.141. The third-order valence-corrected chi connectivity index (χ3v) is 2.54. The maximum absolute atomic E-state index is 12.5. The van der Waals surface area contributed by atoms with E-state index in [4.69, 9.17) is 0 Å². The van der Waals surface area contributed by atoms with Gasteiger partial charge in [-0.05, 0) is 36.0 Å². The molecular formula is C12H17F. The lowest BCUT2D eigenvalue weighted by Gasteiger charge is -2.06. The van der Waals surface area contributed by atoms with Crippen molar-refractivity contribution in [2.75, 3.05) is 0 Å². The van der Waals surface area contributed by atoms with Gasteiger partial charge in [0.15, 0.2) is 0 Å². The van der Waals surface area contributed by atoms with Crippen LogP contribution < -0.4 is 0 Å². The Balaban J connectivity index is 0.000000396. The Labute approximate surface area is 79.8 Å². The predicted molar refractivity (Wildman–Crippen MR) is 54.3 cm³/mol. The summed E-state index contributed by atoms with van der Waals surface area (Å²) >= 11 is 0. The van der Waals surface area contributed by atoms with E-state index in [1.807, 2.05) is 26.0 Å². The second-order valence-electron chi connectivity index (χ2n) is 3.57. The van der Waals surface area contributed by atoms with Gasteiger partial charge < -0.3 is 0 Å². The molecule has 0 aromatic heterocycles. The van der Waals surface area contributed by atoms with Crippen molar-refractivity contribution in [2.45, 2.75) is 39.0 Å². The average Bonchev–Trinajstić information content (AvgIpc) is 2.89. The second kappa shape index (κ2) is 3.91. The first-order valence-corrected chi connectivity index (χ1v) is 4.97. The Morgan fingerprint density at radius 2 is 1.54 bits per heavy atom. The molecule has 0 amide bonds. The van der Waals surface area contributed by atoms with Crippen LogP contribution in [-0.2, 0) is 5.41 Å². The SMILES string of the molecule is CC.CC1(c2ccc(F)cc2)CC1. The standard InChI is InChI=1S/C10H11F.C2H6/c1-10(6-7-10)8-2-4-9(11)5-3-8;1-2/h2-5H,6-7H2,1H3;1-2H3. The van der Waals surface area contributed by atoms with Crippen LogP contribution >= 0.6 is 0 Å². The maximum Gasteiger partial charge on any atom is 0.123 e. The lowest BCUT2D eigenvalue weighted by Crippen LogP contribution is -1.98. The first-order valence-electron chi connectivity index (χ1n) is 4.97. The van der Waals surface area contributed by atoms with E-state index in [2.05, 4.69) is 6.92 Å². The van der Waals surface area contributed by atoms with Crippen LogP contribution in [0.25, 0.3) is 0 Å². The molecular weight excluding hydrogens is 163 g/mol. The molecule has 0 nitrogen and oxygen atoms in total. The van der Waals surface area contributed by atoms with Crippen molar-refractivity contribution < 1.29 is 4.39 Å². The molecule has 1 aliphatic rings. The van der Waals surface area contributed by atoms with E-state index in [9.17, 15) is 4.39 Å². The quantitative estimate of drug-likeness (QED) is 0.614. The summed E-state index contributed by atoms with van der Waals surface area (Å²) in [6.45, 7) is 6.22. The molecule has 1 aromatic rings. The highest BCUT2D eigenvalue weighted by molar-refractivity contribution is 5.29. The fourth-order valence-electron chi connectivity index (χ4n) is 1.33. The van der Waals surface area contributed by atoms with E-state index in [1.165, 1.54) is 18.4 Å². The van der Waals surface area contributed by atoms with Crippen LogP contribution in [0.15, 0.2) is 24.3 Å². The number of benzene rings is 1. The van der Waals surface area contributed by atoms with E-state index in [0.717, 1.165) is 0 Å². The fraction of sp³-hybridized carbons (Fsp3) is 0.500. The van der Waals surface area contributed by atoms with Gasteiger partial charge in [0.1, 0.15) is 5.82 Å². The van der Waals surface area contributed by atoms with Gasteiger partial charge in [-0.1, -0.05) is 32.9 Å². The molecule has 2 rings (SSSR count). The van der Waals surface area contributed by atoms with Crippen molar-refractivity contribution in [3.05, 3.63) is 35.6 Å². The van der Waals surface area contributed by atoms with Gasteiger partial charge in [-0.3, -0.25) is 0 Å². The smallest absolute Gasteiger partial charge is 0.123 e. The molecule has 1 fully saturated rings. The van der Waals surface area contributed by atoms with Crippen LogP contribution in [0.4, 0.5) is 4.39 Å². The van der Waals surface area contributed by atoms with Crippen molar-refractivity contribution >= 4 is 0 Å². The van der Waals surface area contributed by atoms with Crippen molar-refractivity contribution in [3.63, 3.8) is 0 Å². The van der Waals surface area contributed by atoms with Gasteiger partial charge in [0.2, 0.25) is 0 Å². The molecule has 0 radical (unpaired) electrons. The molecule has 0 bridgehead atoms. The molecule has 0 spiro atoms. The van der Waals surface area contributed by atoms with E-state index in [1.54, 1.807) is 12.1 Å². The summed E-state index contributed by atoms with van der Waals surface area (Å²) in [4.78, 5) is 0. The highest BCUT2D eigenvalue weighted by Gasteiger charge is 2.38. The molecule has 0 N–H and O–H groups in total. The minimum Gasteiger partial charge on any atom is -0.207 e. The Hall–Kier alpha value is -0.850. The summed E-state index contributed by atoms with van der Waals surface area (Å²) in [6.07, 6.45) is 2.50. The molecule has 1 saturated carbocycles. The molecule has 13 heavy (non-hydrogen) atoms. The molecule has 1 heteroatoms. The van der Waals surface area contributed by atoms with Crippen LogP contribution in [0.3, 0.4) is 0 Å². The topological polar surface area (TPSA) is 0 Å². The zero-order valence-corrected chi connectivity index (χ0v) is 8.60. The third kappa shape index (κ3) is 2.30. The Morgan fingerprint density at radius 3 is 1.92 bits per heavy atom.